The minimum atomic E-state index is -0.533. The van der Waals surface area contributed by atoms with Crippen LogP contribution in [0.2, 0.25) is 0 Å². The maximum absolute atomic E-state index is 12.1. The van der Waals surface area contributed by atoms with Crippen LogP contribution >= 0.6 is 0 Å². The molecule has 4 N–H and O–H groups in total. The van der Waals surface area contributed by atoms with Gasteiger partial charge in [0.1, 0.15) is 0 Å². The lowest BCUT2D eigenvalue weighted by molar-refractivity contribution is -0.116. The van der Waals surface area contributed by atoms with E-state index in [-0.39, 0.29) is 5.91 Å². The molecule has 5 heteroatoms. The van der Waals surface area contributed by atoms with Crippen molar-refractivity contribution in [3.63, 3.8) is 0 Å². The van der Waals surface area contributed by atoms with Gasteiger partial charge in [-0.15, -0.1) is 0 Å². The lowest BCUT2D eigenvalue weighted by atomic mass is 10.0. The number of carbonyl (C=O) groups excluding carboxylic acids is 2. The summed E-state index contributed by atoms with van der Waals surface area (Å²) in [7, 11) is 0. The zero-order valence-corrected chi connectivity index (χ0v) is 13.6. The van der Waals surface area contributed by atoms with E-state index in [1.54, 1.807) is 0 Å². The van der Waals surface area contributed by atoms with Crippen LogP contribution in [-0.4, -0.2) is 18.5 Å². The molecule has 0 bridgehead atoms. The first-order valence-electron chi connectivity index (χ1n) is 8.10. The fourth-order valence-corrected chi connectivity index (χ4v) is 2.45. The number of anilines is 1. The molecule has 0 radical (unpaired) electrons. The molecule has 0 heterocycles. The van der Waals surface area contributed by atoms with Crippen molar-refractivity contribution in [3.8, 4) is 0 Å². The molecule has 0 saturated heterocycles. The number of nitrogens with two attached hydrogens (primary N) is 1. The Hall–Kier alpha value is -2.82. The van der Waals surface area contributed by atoms with Gasteiger partial charge in [0.2, 0.25) is 5.91 Å². The zero-order chi connectivity index (χ0) is 17.2. The van der Waals surface area contributed by atoms with Crippen LogP contribution in [0.25, 0.3) is 0 Å². The summed E-state index contributed by atoms with van der Waals surface area (Å²) in [6, 6.07) is 17.5. The Morgan fingerprint density at radius 1 is 0.917 bits per heavy atom. The molecule has 0 aliphatic rings. The zero-order valence-electron chi connectivity index (χ0n) is 13.6. The van der Waals surface area contributed by atoms with Crippen molar-refractivity contribution in [1.82, 2.24) is 5.32 Å². The second-order valence-electron chi connectivity index (χ2n) is 5.62. The molecule has 3 amide bonds. The Morgan fingerprint density at radius 3 is 2.38 bits per heavy atom. The lowest BCUT2D eigenvalue weighted by Crippen LogP contribution is -2.30. The molecule has 24 heavy (non-hydrogen) atoms. The van der Waals surface area contributed by atoms with Crippen LogP contribution in [-0.2, 0) is 11.2 Å². The highest BCUT2D eigenvalue weighted by Gasteiger charge is 2.07. The highest BCUT2D eigenvalue weighted by molar-refractivity contribution is 5.91. The van der Waals surface area contributed by atoms with Crippen LogP contribution in [0.5, 0.6) is 0 Å². The summed E-state index contributed by atoms with van der Waals surface area (Å²) < 4.78 is 0. The first-order valence-corrected chi connectivity index (χ1v) is 8.10. The summed E-state index contributed by atoms with van der Waals surface area (Å²) in [5.74, 6) is -0.0189. The average Bonchev–Trinajstić information content (AvgIpc) is 2.57. The first kappa shape index (κ1) is 17.5. The van der Waals surface area contributed by atoms with Crippen LogP contribution in [0.1, 0.15) is 30.4 Å². The molecule has 0 spiro atoms. The van der Waals surface area contributed by atoms with Gasteiger partial charge < -0.3 is 16.4 Å². The lowest BCUT2D eigenvalue weighted by Gasteiger charge is -2.11. The van der Waals surface area contributed by atoms with Gasteiger partial charge in [0, 0.05) is 18.7 Å². The molecule has 0 saturated carbocycles. The van der Waals surface area contributed by atoms with Crippen molar-refractivity contribution in [2.75, 3.05) is 11.9 Å². The second kappa shape index (κ2) is 9.35. The topological polar surface area (TPSA) is 84.2 Å². The van der Waals surface area contributed by atoms with Gasteiger partial charge >= 0.3 is 6.03 Å². The summed E-state index contributed by atoms with van der Waals surface area (Å²) in [6.07, 6.45) is 2.62. The molecule has 0 fully saturated rings. The highest BCUT2D eigenvalue weighted by Crippen LogP contribution is 2.19. The minimum Gasteiger partial charge on any atom is -0.352 e. The van der Waals surface area contributed by atoms with E-state index in [1.165, 1.54) is 5.56 Å². The van der Waals surface area contributed by atoms with Crippen LogP contribution in [0, 0.1) is 0 Å². The van der Waals surface area contributed by atoms with Crippen molar-refractivity contribution in [3.05, 3.63) is 65.7 Å². The van der Waals surface area contributed by atoms with E-state index in [1.807, 2.05) is 42.5 Å². The number of urea groups is 1. The van der Waals surface area contributed by atoms with Gasteiger partial charge in [-0.2, -0.15) is 0 Å². The van der Waals surface area contributed by atoms with E-state index in [4.69, 9.17) is 5.73 Å². The number of unbranched alkanes of at least 4 members (excludes halogenated alkanes) is 1. The molecule has 5 nitrogen and oxygen atoms in total. The highest BCUT2D eigenvalue weighted by atomic mass is 16.2. The number of carbonyl (C=O) groups is 2. The molecule has 2 rings (SSSR count). The number of amides is 3. The molecule has 0 atom stereocenters. The van der Waals surface area contributed by atoms with E-state index in [2.05, 4.69) is 22.8 Å². The quantitative estimate of drug-likeness (QED) is 0.652. The molecule has 0 unspecified atom stereocenters. The molecule has 0 aliphatic carbocycles. The average molecular weight is 325 g/mol. The molecular weight excluding hydrogens is 302 g/mol. The van der Waals surface area contributed by atoms with Gasteiger partial charge in [0.05, 0.1) is 0 Å². The maximum atomic E-state index is 12.1. The first-order chi connectivity index (χ1) is 11.6. The van der Waals surface area contributed by atoms with E-state index < -0.39 is 6.03 Å². The van der Waals surface area contributed by atoms with Crippen molar-refractivity contribution < 1.29 is 9.59 Å². The van der Waals surface area contributed by atoms with Gasteiger partial charge in [0.15, 0.2) is 0 Å². The third-order valence-electron chi connectivity index (χ3n) is 3.66. The minimum absolute atomic E-state index is 0.0189. The van der Waals surface area contributed by atoms with Gasteiger partial charge in [-0.3, -0.25) is 4.79 Å². The normalized spacial score (nSPS) is 10.2. The van der Waals surface area contributed by atoms with E-state index >= 15 is 0 Å². The van der Waals surface area contributed by atoms with E-state index in [0.717, 1.165) is 24.1 Å². The number of para-hydroxylation sites is 1. The molecule has 0 aromatic heterocycles. The number of benzene rings is 2. The number of nitrogens with one attached hydrogen (secondary N) is 2. The Kier molecular flexibility index (Phi) is 6.83. The van der Waals surface area contributed by atoms with Gasteiger partial charge in [-0.05, 0) is 36.5 Å². The fraction of sp³-hybridized carbons (Fsp3) is 0.263. The summed E-state index contributed by atoms with van der Waals surface area (Å²) in [4.78, 5) is 22.6. The third kappa shape index (κ3) is 6.12. The van der Waals surface area contributed by atoms with Crippen molar-refractivity contribution >= 4 is 17.6 Å². The van der Waals surface area contributed by atoms with Crippen molar-refractivity contribution in [2.45, 2.75) is 25.7 Å². The molecule has 2 aromatic carbocycles. The number of primary amides is 1. The van der Waals surface area contributed by atoms with Crippen molar-refractivity contribution in [1.29, 1.82) is 0 Å². The van der Waals surface area contributed by atoms with Gasteiger partial charge in [-0.1, -0.05) is 48.5 Å². The monoisotopic (exact) mass is 325 g/mol. The van der Waals surface area contributed by atoms with E-state index in [9.17, 15) is 9.59 Å². The van der Waals surface area contributed by atoms with Crippen LogP contribution in [0.4, 0.5) is 10.5 Å². The smallest absolute Gasteiger partial charge is 0.312 e. The van der Waals surface area contributed by atoms with Crippen LogP contribution in [0.3, 0.4) is 0 Å². The molecular formula is C19H23N3O2. The van der Waals surface area contributed by atoms with E-state index in [0.29, 0.717) is 19.4 Å². The molecule has 126 valence electrons. The van der Waals surface area contributed by atoms with Crippen molar-refractivity contribution in [2.24, 2.45) is 5.73 Å². The summed E-state index contributed by atoms with van der Waals surface area (Å²) in [5.41, 5.74) is 8.13. The standard InChI is InChI=1S/C19H23N3O2/c20-19(24)21-13-7-6-12-18(23)22-17-11-5-4-10-16(17)14-15-8-2-1-3-9-15/h1-5,8-11H,6-7,12-14H2,(H,22,23)(H3,20,21,24). The van der Waals surface area contributed by atoms with Crippen LogP contribution < -0.4 is 16.4 Å². The summed E-state index contributed by atoms with van der Waals surface area (Å²) in [5, 5.41) is 5.49. The maximum Gasteiger partial charge on any atom is 0.312 e. The second-order valence-corrected chi connectivity index (χ2v) is 5.62. The number of rotatable bonds is 8. The third-order valence-corrected chi connectivity index (χ3v) is 3.66. The summed E-state index contributed by atoms with van der Waals surface area (Å²) in [6.45, 7) is 0.493. The number of hydrogen-bond donors (Lipinski definition) is 3. The number of hydrogen-bond acceptors (Lipinski definition) is 2. The largest absolute Gasteiger partial charge is 0.352 e. The van der Waals surface area contributed by atoms with Crippen LogP contribution in [0.15, 0.2) is 54.6 Å². The molecule has 0 aliphatic heterocycles. The SMILES string of the molecule is NC(=O)NCCCCC(=O)Nc1ccccc1Cc1ccccc1. The van der Waals surface area contributed by atoms with Gasteiger partial charge in [0.25, 0.3) is 0 Å². The fourth-order valence-electron chi connectivity index (χ4n) is 2.45. The predicted octanol–water partition coefficient (Wildman–Crippen LogP) is 3.05. The predicted molar refractivity (Wildman–Crippen MR) is 95.8 cm³/mol. The molecule has 2 aromatic rings. The Labute approximate surface area is 142 Å². The summed E-state index contributed by atoms with van der Waals surface area (Å²) >= 11 is 0. The van der Waals surface area contributed by atoms with Gasteiger partial charge in [-0.25, -0.2) is 4.79 Å². The Bertz CT molecular complexity index is 671. The Morgan fingerprint density at radius 2 is 1.62 bits per heavy atom. The Balaban J connectivity index is 1.85.